The predicted octanol–water partition coefficient (Wildman–Crippen LogP) is 5.42. The summed E-state index contributed by atoms with van der Waals surface area (Å²) in [5.41, 5.74) is 2.71. The first-order valence-electron chi connectivity index (χ1n) is 8.02. The predicted molar refractivity (Wildman–Crippen MR) is 94.6 cm³/mol. The van der Waals surface area contributed by atoms with Crippen molar-refractivity contribution in [1.29, 1.82) is 0 Å². The van der Waals surface area contributed by atoms with Crippen LogP contribution in [0.15, 0.2) is 18.2 Å². The minimum Gasteiger partial charge on any atom is -0.380 e. The smallest absolute Gasteiger partial charge is 0.0597 e. The topological polar surface area (TPSA) is 15.3 Å². The van der Waals surface area contributed by atoms with E-state index in [0.717, 1.165) is 10.7 Å². The molecule has 1 aliphatic rings. The number of nitrogens with one attached hydrogen (secondary N) is 1. The average Bonchev–Trinajstić information content (AvgIpc) is 2.37. The Balaban J connectivity index is 2.25. The molecule has 0 amide bonds. The highest BCUT2D eigenvalue weighted by molar-refractivity contribution is 6.31. The van der Waals surface area contributed by atoms with Crippen molar-refractivity contribution >= 4 is 23.0 Å². The van der Waals surface area contributed by atoms with Crippen LogP contribution >= 0.6 is 11.6 Å². The summed E-state index contributed by atoms with van der Waals surface area (Å²) < 4.78 is 0. The van der Waals surface area contributed by atoms with Crippen molar-refractivity contribution in [2.24, 2.45) is 11.3 Å². The molecular weight excluding hydrogens is 280 g/mol. The molecule has 3 heteroatoms. The zero-order valence-electron chi connectivity index (χ0n) is 14.0. The highest BCUT2D eigenvalue weighted by atomic mass is 35.5. The van der Waals surface area contributed by atoms with Crippen LogP contribution in [-0.4, -0.2) is 20.1 Å². The van der Waals surface area contributed by atoms with Gasteiger partial charge in [0.15, 0.2) is 0 Å². The Labute approximate surface area is 134 Å². The van der Waals surface area contributed by atoms with E-state index in [1.165, 1.54) is 31.4 Å². The molecule has 21 heavy (non-hydrogen) atoms. The molecule has 1 aromatic carbocycles. The van der Waals surface area contributed by atoms with Crippen molar-refractivity contribution in [3.63, 3.8) is 0 Å². The van der Waals surface area contributed by atoms with Crippen LogP contribution in [0.1, 0.15) is 46.5 Å². The number of nitrogens with zero attached hydrogens (tertiary/aromatic N) is 1. The summed E-state index contributed by atoms with van der Waals surface area (Å²) in [4.78, 5) is 2.15. The average molecular weight is 309 g/mol. The van der Waals surface area contributed by atoms with E-state index in [4.69, 9.17) is 11.6 Å². The summed E-state index contributed by atoms with van der Waals surface area (Å²) in [5.74, 6) is 0.709. The van der Waals surface area contributed by atoms with Gasteiger partial charge in [-0.05, 0) is 42.4 Å². The summed E-state index contributed by atoms with van der Waals surface area (Å²) in [6, 6.07) is 6.66. The normalized spacial score (nSPS) is 23.0. The van der Waals surface area contributed by atoms with Crippen LogP contribution < -0.4 is 10.2 Å². The zero-order chi connectivity index (χ0) is 15.6. The molecule has 0 heterocycles. The highest BCUT2D eigenvalue weighted by Crippen LogP contribution is 2.40. The lowest BCUT2D eigenvalue weighted by molar-refractivity contribution is 0.163. The van der Waals surface area contributed by atoms with Crippen molar-refractivity contribution in [1.82, 2.24) is 0 Å². The van der Waals surface area contributed by atoms with Gasteiger partial charge < -0.3 is 10.2 Å². The SMILES string of the molecule is CN(C)c1ccc(Cl)cc1NC1CCCCC1C(C)(C)C. The Morgan fingerprint density at radius 3 is 2.43 bits per heavy atom. The third-order valence-electron chi connectivity index (χ3n) is 4.66. The van der Waals surface area contributed by atoms with Crippen LogP contribution in [0.4, 0.5) is 11.4 Å². The lowest BCUT2D eigenvalue weighted by Gasteiger charge is -2.41. The van der Waals surface area contributed by atoms with Gasteiger partial charge in [-0.2, -0.15) is 0 Å². The van der Waals surface area contributed by atoms with E-state index in [1.54, 1.807) is 0 Å². The Hall–Kier alpha value is -0.890. The molecule has 0 radical (unpaired) electrons. The third kappa shape index (κ3) is 4.06. The first-order valence-corrected chi connectivity index (χ1v) is 8.40. The first-order chi connectivity index (χ1) is 9.79. The number of hydrogen-bond acceptors (Lipinski definition) is 2. The fraction of sp³-hybridized carbons (Fsp3) is 0.667. The Morgan fingerprint density at radius 2 is 1.81 bits per heavy atom. The molecule has 1 fully saturated rings. The summed E-state index contributed by atoms with van der Waals surface area (Å²) >= 11 is 6.21. The summed E-state index contributed by atoms with van der Waals surface area (Å²) in [7, 11) is 4.16. The van der Waals surface area contributed by atoms with Crippen LogP contribution in [0.25, 0.3) is 0 Å². The molecule has 2 nitrogen and oxygen atoms in total. The minimum atomic E-state index is 0.342. The molecule has 2 unspecified atom stereocenters. The number of rotatable bonds is 3. The van der Waals surface area contributed by atoms with Gasteiger partial charge in [-0.3, -0.25) is 0 Å². The molecule has 0 spiro atoms. The van der Waals surface area contributed by atoms with Gasteiger partial charge in [-0.15, -0.1) is 0 Å². The van der Waals surface area contributed by atoms with E-state index in [2.05, 4.69) is 57.2 Å². The number of halogens is 1. The second kappa shape index (κ2) is 6.48. The maximum atomic E-state index is 6.21. The van der Waals surface area contributed by atoms with Gasteiger partial charge in [-0.25, -0.2) is 0 Å². The third-order valence-corrected chi connectivity index (χ3v) is 4.89. The summed E-state index contributed by atoms with van der Waals surface area (Å²) in [5, 5.41) is 4.60. The van der Waals surface area contributed by atoms with E-state index in [-0.39, 0.29) is 0 Å². The molecular formula is C18H29ClN2. The molecule has 0 saturated heterocycles. The van der Waals surface area contributed by atoms with Gasteiger partial charge in [0.1, 0.15) is 0 Å². The molecule has 2 atom stereocenters. The largest absolute Gasteiger partial charge is 0.380 e. The molecule has 1 aromatic rings. The van der Waals surface area contributed by atoms with Gasteiger partial charge in [0.2, 0.25) is 0 Å². The van der Waals surface area contributed by atoms with Gasteiger partial charge in [0.05, 0.1) is 11.4 Å². The van der Waals surface area contributed by atoms with Crippen LogP contribution in [0.3, 0.4) is 0 Å². The molecule has 0 aromatic heterocycles. The molecule has 0 bridgehead atoms. The van der Waals surface area contributed by atoms with Crippen molar-refractivity contribution in [2.75, 3.05) is 24.3 Å². The first kappa shape index (κ1) is 16.5. The lowest BCUT2D eigenvalue weighted by Crippen LogP contribution is -2.40. The van der Waals surface area contributed by atoms with Crippen LogP contribution in [0, 0.1) is 11.3 Å². The van der Waals surface area contributed by atoms with Gasteiger partial charge in [-0.1, -0.05) is 45.2 Å². The summed E-state index contributed by atoms with van der Waals surface area (Å²) in [6.45, 7) is 7.09. The molecule has 1 aliphatic carbocycles. The molecule has 118 valence electrons. The number of benzene rings is 1. The van der Waals surface area contributed by atoms with Gasteiger partial charge >= 0.3 is 0 Å². The van der Waals surface area contributed by atoms with E-state index >= 15 is 0 Å². The molecule has 1 N–H and O–H groups in total. The van der Waals surface area contributed by atoms with E-state index in [9.17, 15) is 0 Å². The van der Waals surface area contributed by atoms with Gasteiger partial charge in [0, 0.05) is 25.2 Å². The van der Waals surface area contributed by atoms with Crippen molar-refractivity contribution < 1.29 is 0 Å². The lowest BCUT2D eigenvalue weighted by atomic mass is 9.69. The number of anilines is 2. The molecule has 2 rings (SSSR count). The standard InChI is InChI=1S/C18H29ClN2/c1-18(2,3)14-8-6-7-9-15(14)20-16-12-13(19)10-11-17(16)21(4)5/h10-12,14-15,20H,6-9H2,1-5H3. The second-order valence-electron chi connectivity index (χ2n) is 7.56. The van der Waals surface area contributed by atoms with Gasteiger partial charge in [0.25, 0.3) is 0 Å². The van der Waals surface area contributed by atoms with Crippen LogP contribution in [0.2, 0.25) is 5.02 Å². The van der Waals surface area contributed by atoms with Crippen molar-refractivity contribution in [3.05, 3.63) is 23.2 Å². The molecule has 1 saturated carbocycles. The zero-order valence-corrected chi connectivity index (χ0v) is 14.8. The fourth-order valence-corrected chi connectivity index (χ4v) is 3.73. The second-order valence-corrected chi connectivity index (χ2v) is 8.00. The Bertz CT molecular complexity index is 477. The Kier molecular flexibility index (Phi) is 5.08. The van der Waals surface area contributed by atoms with Crippen LogP contribution in [0.5, 0.6) is 0 Å². The van der Waals surface area contributed by atoms with E-state index in [0.29, 0.717) is 17.4 Å². The minimum absolute atomic E-state index is 0.342. The van der Waals surface area contributed by atoms with Crippen LogP contribution in [-0.2, 0) is 0 Å². The quantitative estimate of drug-likeness (QED) is 0.801. The highest BCUT2D eigenvalue weighted by Gasteiger charge is 2.34. The maximum absolute atomic E-state index is 6.21. The molecule has 0 aliphatic heterocycles. The van der Waals surface area contributed by atoms with E-state index < -0.39 is 0 Å². The maximum Gasteiger partial charge on any atom is 0.0597 e. The fourth-order valence-electron chi connectivity index (χ4n) is 3.55. The summed E-state index contributed by atoms with van der Waals surface area (Å²) in [6.07, 6.45) is 5.25. The van der Waals surface area contributed by atoms with E-state index in [1.807, 2.05) is 6.07 Å². The van der Waals surface area contributed by atoms with Crippen molar-refractivity contribution in [2.45, 2.75) is 52.5 Å². The number of hydrogen-bond donors (Lipinski definition) is 1. The monoisotopic (exact) mass is 308 g/mol. The van der Waals surface area contributed by atoms with Crippen molar-refractivity contribution in [3.8, 4) is 0 Å². The Morgan fingerprint density at radius 1 is 1.14 bits per heavy atom.